The number of carbonyl (C=O) groups is 5. The number of carboxylic acids is 1. The molecule has 0 radical (unpaired) electrons. The molecule has 13 nitrogen and oxygen atoms in total. The lowest BCUT2D eigenvalue weighted by atomic mass is 10.0. The largest absolute Gasteiger partial charge is 0.480 e. The summed E-state index contributed by atoms with van der Waals surface area (Å²) in [6.07, 6.45) is 3.17. The van der Waals surface area contributed by atoms with Crippen LogP contribution in [0.15, 0.2) is 30.5 Å². The topological polar surface area (TPSA) is 230 Å². The van der Waals surface area contributed by atoms with Crippen LogP contribution in [0.1, 0.15) is 18.4 Å². The zero-order valence-corrected chi connectivity index (χ0v) is 21.0. The van der Waals surface area contributed by atoms with E-state index in [4.69, 9.17) is 11.5 Å². The van der Waals surface area contributed by atoms with Crippen molar-refractivity contribution in [2.24, 2.45) is 11.5 Å². The summed E-state index contributed by atoms with van der Waals surface area (Å²) in [4.78, 5) is 63.8. The summed E-state index contributed by atoms with van der Waals surface area (Å²) in [5, 5.41) is 27.3. The lowest BCUT2D eigenvalue weighted by molar-refractivity contribution is -0.142. The Hall–Kier alpha value is -3.62. The quantitative estimate of drug-likeness (QED) is 0.128. The van der Waals surface area contributed by atoms with Crippen LogP contribution in [-0.2, 0) is 30.4 Å². The van der Waals surface area contributed by atoms with Gasteiger partial charge >= 0.3 is 5.97 Å². The summed E-state index contributed by atoms with van der Waals surface area (Å²) < 4.78 is 0. The number of fused-ring (bicyclic) bond motifs is 1. The third kappa shape index (κ3) is 8.77. The fraction of sp³-hybridized carbons (Fsp3) is 0.435. The predicted octanol–water partition coefficient (Wildman–Crippen LogP) is -1.80. The summed E-state index contributed by atoms with van der Waals surface area (Å²) in [5.41, 5.74) is 12.1. The predicted molar refractivity (Wildman–Crippen MR) is 137 cm³/mol. The molecule has 0 aliphatic carbocycles. The Kier molecular flexibility index (Phi) is 11.4. The second-order valence-electron chi connectivity index (χ2n) is 8.33. The smallest absolute Gasteiger partial charge is 0.326 e. The van der Waals surface area contributed by atoms with Crippen molar-refractivity contribution in [2.75, 3.05) is 18.6 Å². The molecule has 202 valence electrons. The van der Waals surface area contributed by atoms with Crippen LogP contribution >= 0.6 is 11.8 Å². The molecule has 0 spiro atoms. The number of rotatable bonds is 15. The Morgan fingerprint density at radius 1 is 1.00 bits per heavy atom. The van der Waals surface area contributed by atoms with E-state index in [1.165, 1.54) is 11.8 Å². The molecule has 2 rings (SSSR count). The number of carbonyl (C=O) groups excluding carboxylic acids is 4. The molecule has 1 heterocycles. The van der Waals surface area contributed by atoms with Crippen molar-refractivity contribution in [1.29, 1.82) is 0 Å². The van der Waals surface area contributed by atoms with Crippen LogP contribution in [0.3, 0.4) is 0 Å². The summed E-state index contributed by atoms with van der Waals surface area (Å²) in [7, 11) is 0. The minimum atomic E-state index is -1.46. The third-order valence-electron chi connectivity index (χ3n) is 5.53. The highest BCUT2D eigenvalue weighted by atomic mass is 32.2. The molecular weight excluding hydrogens is 504 g/mol. The van der Waals surface area contributed by atoms with Gasteiger partial charge in [0.25, 0.3) is 0 Å². The molecular formula is C23H32N6O7S. The first kappa shape index (κ1) is 29.6. The number of thioether (sulfide) groups is 1. The number of aliphatic carboxylic acids is 1. The number of nitrogens with one attached hydrogen (secondary N) is 4. The van der Waals surface area contributed by atoms with Gasteiger partial charge < -0.3 is 42.6 Å². The van der Waals surface area contributed by atoms with Crippen molar-refractivity contribution < 1.29 is 34.2 Å². The van der Waals surface area contributed by atoms with Crippen LogP contribution < -0.4 is 27.4 Å². The first-order valence-corrected chi connectivity index (χ1v) is 12.8. The number of carboxylic acid groups (broad SMARTS) is 1. The lowest BCUT2D eigenvalue weighted by Gasteiger charge is -2.24. The van der Waals surface area contributed by atoms with Gasteiger partial charge in [0.1, 0.15) is 18.1 Å². The van der Waals surface area contributed by atoms with E-state index in [0.29, 0.717) is 11.3 Å². The number of benzene rings is 1. The number of para-hydroxylation sites is 1. The number of hydrogen-bond acceptors (Lipinski definition) is 8. The maximum atomic E-state index is 13.0. The van der Waals surface area contributed by atoms with Crippen molar-refractivity contribution in [1.82, 2.24) is 20.9 Å². The standard InChI is InChI=1S/C23H32N6O7S/c1-37-7-6-16(27-22(34)18(11-30)29-20(32)14(24)9-19(25)31)21(33)28-17(23(35)36)8-12-10-26-15-5-3-2-4-13(12)15/h2-5,10,14,16-18,26,30H,6-9,11,24H2,1H3,(H2,25,31)(H,27,34)(H,28,33)(H,29,32)(H,35,36). The van der Waals surface area contributed by atoms with E-state index >= 15 is 0 Å². The highest BCUT2D eigenvalue weighted by molar-refractivity contribution is 7.98. The SMILES string of the molecule is CSCCC(NC(=O)C(CO)NC(=O)C(N)CC(N)=O)C(=O)NC(Cc1c[nH]c2ccccc12)C(=O)O. The average molecular weight is 537 g/mol. The van der Waals surface area contributed by atoms with Gasteiger partial charge in [0.2, 0.25) is 23.6 Å². The molecule has 4 amide bonds. The van der Waals surface area contributed by atoms with E-state index in [0.717, 1.165) is 10.9 Å². The number of aliphatic hydroxyl groups is 1. The molecule has 0 aliphatic heterocycles. The van der Waals surface area contributed by atoms with Crippen LogP contribution in [0.2, 0.25) is 0 Å². The molecule has 37 heavy (non-hydrogen) atoms. The van der Waals surface area contributed by atoms with Gasteiger partial charge in [0, 0.05) is 23.5 Å². The number of nitrogens with two attached hydrogens (primary N) is 2. The fourth-order valence-corrected chi connectivity index (χ4v) is 4.02. The first-order valence-electron chi connectivity index (χ1n) is 11.4. The highest BCUT2D eigenvalue weighted by Gasteiger charge is 2.30. The van der Waals surface area contributed by atoms with Crippen LogP contribution in [0, 0.1) is 0 Å². The Bertz CT molecular complexity index is 1120. The minimum absolute atomic E-state index is 0.00134. The van der Waals surface area contributed by atoms with Gasteiger partial charge in [-0.2, -0.15) is 11.8 Å². The van der Waals surface area contributed by atoms with Gasteiger partial charge in [-0.3, -0.25) is 19.2 Å². The van der Waals surface area contributed by atoms with Crippen LogP contribution in [0.25, 0.3) is 10.9 Å². The van der Waals surface area contributed by atoms with Gasteiger partial charge in [-0.25, -0.2) is 4.79 Å². The number of aliphatic hydroxyl groups excluding tert-OH is 1. The highest BCUT2D eigenvalue weighted by Crippen LogP contribution is 2.19. The number of primary amides is 1. The Morgan fingerprint density at radius 3 is 2.24 bits per heavy atom. The molecule has 4 unspecified atom stereocenters. The maximum Gasteiger partial charge on any atom is 0.326 e. The molecule has 14 heteroatoms. The monoisotopic (exact) mass is 536 g/mol. The van der Waals surface area contributed by atoms with Crippen molar-refractivity contribution in [3.63, 3.8) is 0 Å². The van der Waals surface area contributed by atoms with Crippen molar-refractivity contribution in [2.45, 2.75) is 43.4 Å². The molecule has 0 saturated heterocycles. The summed E-state index contributed by atoms with van der Waals surface area (Å²) in [6, 6.07) is 2.13. The molecule has 0 saturated carbocycles. The fourth-order valence-electron chi connectivity index (χ4n) is 3.55. The van der Waals surface area contributed by atoms with Gasteiger partial charge in [-0.1, -0.05) is 18.2 Å². The molecule has 0 aliphatic rings. The third-order valence-corrected chi connectivity index (χ3v) is 6.17. The van der Waals surface area contributed by atoms with Gasteiger partial charge in [0.15, 0.2) is 0 Å². The second kappa shape index (κ2) is 14.2. The minimum Gasteiger partial charge on any atom is -0.480 e. The van der Waals surface area contributed by atoms with E-state index in [1.54, 1.807) is 12.5 Å². The summed E-state index contributed by atoms with van der Waals surface area (Å²) >= 11 is 1.41. The molecule has 0 bridgehead atoms. The Morgan fingerprint density at radius 2 is 1.62 bits per heavy atom. The van der Waals surface area contributed by atoms with E-state index in [2.05, 4.69) is 20.9 Å². The zero-order valence-electron chi connectivity index (χ0n) is 20.2. The maximum absolute atomic E-state index is 13.0. The Labute approximate surface area is 217 Å². The summed E-state index contributed by atoms with van der Waals surface area (Å²) in [6.45, 7) is -0.809. The lowest BCUT2D eigenvalue weighted by Crippen LogP contribution is -2.58. The van der Waals surface area contributed by atoms with Gasteiger partial charge in [-0.15, -0.1) is 0 Å². The molecule has 0 fully saturated rings. The summed E-state index contributed by atoms with van der Waals surface area (Å²) in [5.74, 6) is -4.12. The van der Waals surface area contributed by atoms with Gasteiger partial charge in [0.05, 0.1) is 19.1 Å². The van der Waals surface area contributed by atoms with Gasteiger partial charge in [-0.05, 0) is 30.1 Å². The molecule has 10 N–H and O–H groups in total. The van der Waals surface area contributed by atoms with E-state index in [-0.39, 0.29) is 12.8 Å². The Balaban J connectivity index is 2.10. The normalized spacial score (nSPS) is 14.2. The van der Waals surface area contributed by atoms with Crippen LogP contribution in [0.4, 0.5) is 0 Å². The molecule has 1 aromatic heterocycles. The van der Waals surface area contributed by atoms with Crippen LogP contribution in [0.5, 0.6) is 0 Å². The number of aromatic amines is 1. The first-order chi connectivity index (χ1) is 17.6. The molecule has 1 aromatic carbocycles. The van der Waals surface area contributed by atoms with Crippen molar-refractivity contribution in [3.8, 4) is 0 Å². The van der Waals surface area contributed by atoms with Crippen LogP contribution in [-0.4, -0.2) is 87.6 Å². The zero-order chi connectivity index (χ0) is 27.5. The number of aromatic nitrogens is 1. The average Bonchev–Trinajstić information content (AvgIpc) is 3.26. The van der Waals surface area contributed by atoms with Crippen molar-refractivity contribution >= 4 is 52.3 Å². The second-order valence-corrected chi connectivity index (χ2v) is 9.31. The molecule has 2 aromatic rings. The number of H-pyrrole nitrogens is 1. The van der Waals surface area contributed by atoms with E-state index in [9.17, 15) is 34.2 Å². The van der Waals surface area contributed by atoms with E-state index < -0.39 is 66.8 Å². The molecule has 4 atom stereocenters. The number of amides is 4. The van der Waals surface area contributed by atoms with E-state index in [1.807, 2.05) is 24.3 Å². The number of hydrogen-bond donors (Lipinski definition) is 8. The van der Waals surface area contributed by atoms with Crippen molar-refractivity contribution in [3.05, 3.63) is 36.0 Å².